The predicted molar refractivity (Wildman–Crippen MR) is 140 cm³/mol. The Balaban J connectivity index is 1.78. The number of rotatable bonds is 9. The highest BCUT2D eigenvalue weighted by atomic mass is 35.5. The summed E-state index contributed by atoms with van der Waals surface area (Å²) < 4.78 is 62.6. The zero-order chi connectivity index (χ0) is 30.1. The molecule has 1 atom stereocenters. The Morgan fingerprint density at radius 2 is 1.88 bits per heavy atom. The van der Waals surface area contributed by atoms with E-state index >= 15 is 0 Å². The van der Waals surface area contributed by atoms with E-state index in [4.69, 9.17) is 22.1 Å². The van der Waals surface area contributed by atoms with Crippen LogP contribution in [0, 0.1) is 5.82 Å². The average Bonchev–Trinajstić information content (AvgIpc) is 3.25. The highest BCUT2D eigenvalue weighted by Gasteiger charge is 2.56. The third-order valence-corrected chi connectivity index (χ3v) is 6.59. The SMILES string of the molecule is CCOc1c(CC(N)=O)cc([C@@](O)(CNC(=O)c2cc3c(cc2Cl)NC(=O)C3)C(F)(F)F)nc1-c1ccc(F)cc1. The summed E-state index contributed by atoms with van der Waals surface area (Å²) >= 11 is 6.13. The van der Waals surface area contributed by atoms with Gasteiger partial charge >= 0.3 is 6.18 Å². The number of aliphatic hydroxyl groups is 1. The molecule has 216 valence electrons. The minimum atomic E-state index is -5.39. The lowest BCUT2D eigenvalue weighted by molar-refractivity contribution is -0.265. The number of carbonyl (C=O) groups excluding carboxylic acids is 3. The summed E-state index contributed by atoms with van der Waals surface area (Å²) in [7, 11) is 0. The standard InChI is InChI=1S/C27H23ClF4N4O5/c1-2-41-24-15(9-21(33)37)8-20(36-23(24)13-3-5-16(29)6-4-13)26(40,27(30,31)32)12-34-25(39)17-7-14-10-22(38)35-19(14)11-18(17)28/h3-8,11,40H,2,9-10,12H2,1H3,(H2,33,37)(H,34,39)(H,35,38)/t26-/m0/s1. The first-order valence-electron chi connectivity index (χ1n) is 12.1. The zero-order valence-electron chi connectivity index (χ0n) is 21.4. The number of carbonyl (C=O) groups is 3. The number of nitrogens with two attached hydrogens (primary N) is 1. The number of aromatic nitrogens is 1. The average molecular weight is 595 g/mol. The maximum absolute atomic E-state index is 14.5. The van der Waals surface area contributed by atoms with Crippen molar-refractivity contribution in [2.45, 2.75) is 31.5 Å². The van der Waals surface area contributed by atoms with Gasteiger partial charge in [-0.2, -0.15) is 13.2 Å². The van der Waals surface area contributed by atoms with E-state index in [9.17, 15) is 37.1 Å². The van der Waals surface area contributed by atoms with Gasteiger partial charge in [0.15, 0.2) is 0 Å². The fourth-order valence-corrected chi connectivity index (χ4v) is 4.54. The number of pyridine rings is 1. The van der Waals surface area contributed by atoms with Crippen LogP contribution in [0.15, 0.2) is 42.5 Å². The van der Waals surface area contributed by atoms with Crippen LogP contribution in [0.3, 0.4) is 0 Å². The Bertz CT molecular complexity index is 1530. The van der Waals surface area contributed by atoms with Crippen molar-refractivity contribution >= 4 is 35.0 Å². The summed E-state index contributed by atoms with van der Waals surface area (Å²) in [6, 6.07) is 7.96. The molecule has 14 heteroatoms. The number of primary amides is 1. The van der Waals surface area contributed by atoms with Crippen LogP contribution in [0.4, 0.5) is 23.2 Å². The van der Waals surface area contributed by atoms with E-state index in [2.05, 4.69) is 10.3 Å². The van der Waals surface area contributed by atoms with E-state index in [0.29, 0.717) is 11.3 Å². The van der Waals surface area contributed by atoms with Crippen LogP contribution in [-0.4, -0.2) is 47.1 Å². The molecule has 3 amide bonds. The molecule has 0 radical (unpaired) electrons. The molecule has 1 aliphatic rings. The molecule has 5 N–H and O–H groups in total. The molecule has 4 rings (SSSR count). The molecule has 1 aromatic heterocycles. The molecular weight excluding hydrogens is 572 g/mol. The Morgan fingerprint density at radius 3 is 2.49 bits per heavy atom. The third kappa shape index (κ3) is 6.10. The number of hydrogen-bond acceptors (Lipinski definition) is 6. The van der Waals surface area contributed by atoms with Crippen molar-refractivity contribution in [1.29, 1.82) is 0 Å². The number of halogens is 5. The maximum Gasteiger partial charge on any atom is 0.424 e. The van der Waals surface area contributed by atoms with Gasteiger partial charge in [-0.25, -0.2) is 9.37 Å². The number of amides is 3. The van der Waals surface area contributed by atoms with Crippen LogP contribution in [0.2, 0.25) is 5.02 Å². The van der Waals surface area contributed by atoms with E-state index in [1.807, 2.05) is 5.32 Å². The van der Waals surface area contributed by atoms with Crippen molar-refractivity contribution in [2.24, 2.45) is 5.73 Å². The smallest absolute Gasteiger partial charge is 0.424 e. The van der Waals surface area contributed by atoms with Crippen LogP contribution < -0.4 is 21.1 Å². The van der Waals surface area contributed by atoms with Gasteiger partial charge in [-0.1, -0.05) is 11.6 Å². The molecule has 0 aliphatic carbocycles. The lowest BCUT2D eigenvalue weighted by atomic mass is 9.93. The van der Waals surface area contributed by atoms with Crippen molar-refractivity contribution < 1.29 is 41.8 Å². The molecular formula is C27H23ClF4N4O5. The normalized spacial score (nSPS) is 14.2. The van der Waals surface area contributed by atoms with Crippen LogP contribution in [0.5, 0.6) is 5.75 Å². The number of hydrogen-bond donors (Lipinski definition) is 4. The third-order valence-electron chi connectivity index (χ3n) is 6.28. The minimum Gasteiger partial charge on any atom is -0.491 e. The predicted octanol–water partition coefficient (Wildman–Crippen LogP) is 3.64. The maximum atomic E-state index is 14.5. The van der Waals surface area contributed by atoms with Gasteiger partial charge in [-0.3, -0.25) is 14.4 Å². The van der Waals surface area contributed by atoms with Crippen molar-refractivity contribution in [3.8, 4) is 17.0 Å². The quantitative estimate of drug-likeness (QED) is 0.279. The molecule has 0 saturated carbocycles. The van der Waals surface area contributed by atoms with Gasteiger partial charge in [0.05, 0.1) is 42.3 Å². The van der Waals surface area contributed by atoms with Gasteiger partial charge in [0.1, 0.15) is 17.3 Å². The molecule has 0 saturated heterocycles. The summed E-state index contributed by atoms with van der Waals surface area (Å²) in [4.78, 5) is 40.4. The second kappa shape index (κ2) is 11.3. The molecule has 1 aliphatic heterocycles. The van der Waals surface area contributed by atoms with E-state index in [1.54, 1.807) is 6.92 Å². The lowest BCUT2D eigenvalue weighted by Gasteiger charge is -2.31. The number of ether oxygens (including phenoxy) is 1. The van der Waals surface area contributed by atoms with Gasteiger partial charge < -0.3 is 26.2 Å². The van der Waals surface area contributed by atoms with Gasteiger partial charge in [0.25, 0.3) is 5.91 Å². The molecule has 2 aromatic carbocycles. The number of nitrogens with one attached hydrogen (secondary N) is 2. The fourth-order valence-electron chi connectivity index (χ4n) is 4.29. The molecule has 9 nitrogen and oxygen atoms in total. The molecule has 0 spiro atoms. The van der Waals surface area contributed by atoms with E-state index in [1.165, 1.54) is 24.3 Å². The molecule has 0 fully saturated rings. The van der Waals surface area contributed by atoms with Gasteiger partial charge in [-0.05, 0) is 55.0 Å². The lowest BCUT2D eigenvalue weighted by Crippen LogP contribution is -2.51. The number of anilines is 1. The summed E-state index contributed by atoms with van der Waals surface area (Å²) in [5.41, 5.74) is 0.959. The Labute approximate surface area is 235 Å². The fraction of sp³-hybridized carbons (Fsp3) is 0.259. The first-order chi connectivity index (χ1) is 19.2. The molecule has 41 heavy (non-hydrogen) atoms. The number of alkyl halides is 3. The molecule has 2 heterocycles. The zero-order valence-corrected chi connectivity index (χ0v) is 22.1. The molecule has 0 unspecified atom stereocenters. The number of nitrogens with zero attached hydrogens (tertiary/aromatic N) is 1. The van der Waals surface area contributed by atoms with Crippen molar-refractivity contribution in [2.75, 3.05) is 18.5 Å². The highest BCUT2D eigenvalue weighted by molar-refractivity contribution is 6.34. The van der Waals surface area contributed by atoms with Gasteiger partial charge in [0, 0.05) is 16.8 Å². The topological polar surface area (TPSA) is 144 Å². The highest BCUT2D eigenvalue weighted by Crippen LogP contribution is 2.42. The van der Waals surface area contributed by atoms with Crippen LogP contribution in [0.1, 0.15) is 34.1 Å². The molecule has 3 aromatic rings. The van der Waals surface area contributed by atoms with Crippen molar-refractivity contribution in [1.82, 2.24) is 10.3 Å². The summed E-state index contributed by atoms with van der Waals surface area (Å²) in [6.07, 6.45) is -6.01. The number of fused-ring (bicyclic) bond motifs is 1. The second-order valence-corrected chi connectivity index (χ2v) is 9.59. The summed E-state index contributed by atoms with van der Waals surface area (Å²) in [5.74, 6) is -3.01. The molecule has 0 bridgehead atoms. The van der Waals surface area contributed by atoms with E-state index in [-0.39, 0.29) is 52.1 Å². The van der Waals surface area contributed by atoms with Crippen LogP contribution >= 0.6 is 11.6 Å². The van der Waals surface area contributed by atoms with E-state index < -0.39 is 48.1 Å². The summed E-state index contributed by atoms with van der Waals surface area (Å²) in [5, 5.41) is 15.5. The first-order valence-corrected chi connectivity index (χ1v) is 12.5. The largest absolute Gasteiger partial charge is 0.491 e. The Morgan fingerprint density at radius 1 is 1.20 bits per heavy atom. The van der Waals surface area contributed by atoms with Gasteiger partial charge in [-0.15, -0.1) is 0 Å². The summed E-state index contributed by atoms with van der Waals surface area (Å²) in [6.45, 7) is 0.219. The minimum absolute atomic E-state index is 0.0310. The Kier molecular flexibility index (Phi) is 8.22. The van der Waals surface area contributed by atoms with Crippen molar-refractivity contribution in [3.63, 3.8) is 0 Å². The monoisotopic (exact) mass is 594 g/mol. The van der Waals surface area contributed by atoms with Crippen LogP contribution in [0.25, 0.3) is 11.3 Å². The second-order valence-electron chi connectivity index (χ2n) is 9.18. The Hall–Kier alpha value is -4.23. The van der Waals surface area contributed by atoms with Crippen molar-refractivity contribution in [3.05, 3.63) is 75.7 Å². The van der Waals surface area contributed by atoms with Gasteiger partial charge in [0.2, 0.25) is 17.4 Å². The first kappa shape index (κ1) is 29.7. The number of benzene rings is 2. The van der Waals surface area contributed by atoms with Crippen LogP contribution in [-0.2, 0) is 28.0 Å². The van der Waals surface area contributed by atoms with E-state index in [0.717, 1.165) is 18.2 Å².